The Hall–Kier alpha value is -1.70. The van der Waals surface area contributed by atoms with E-state index in [0.717, 1.165) is 14.2 Å². The molecule has 1 heterocycles. The number of carbonyl (C=O) groups is 4. The van der Waals surface area contributed by atoms with E-state index in [-0.39, 0.29) is 40.7 Å². The molecule has 106 valence electrons. The van der Waals surface area contributed by atoms with Gasteiger partial charge in [-0.05, 0) is 12.1 Å². The van der Waals surface area contributed by atoms with Crippen LogP contribution in [0, 0.1) is 0 Å². The number of nitrogens with zero attached hydrogens (tertiary/aromatic N) is 1. The Morgan fingerprint density at radius 2 is 1.33 bits per heavy atom. The number of imide groups is 1. The maximum absolute atomic E-state index is 12.2. The van der Waals surface area contributed by atoms with Crippen molar-refractivity contribution in [2.24, 2.45) is 0 Å². The first-order valence-electron chi connectivity index (χ1n) is 5.65. The molecule has 0 aliphatic carbocycles. The zero-order valence-electron chi connectivity index (χ0n) is 10.8. The second-order valence-corrected chi connectivity index (χ2v) is 3.97. The Morgan fingerprint density at radius 3 is 1.67 bits per heavy atom. The molecule has 2 rings (SSSR count). The molecule has 0 unspecified atom stereocenters. The molecule has 7 nitrogen and oxygen atoms in total. The minimum absolute atomic E-state index is 0. The predicted octanol–water partition coefficient (Wildman–Crippen LogP) is -0.651. The number of carbonyl (C=O) groups excluding carboxylic acids is 4. The van der Waals surface area contributed by atoms with Crippen LogP contribution < -0.4 is 0 Å². The molecule has 1 aromatic carbocycles. The molecule has 0 aromatic heterocycles. The Morgan fingerprint density at radius 1 is 0.952 bits per heavy atom. The van der Waals surface area contributed by atoms with Gasteiger partial charge in [-0.3, -0.25) is 9.59 Å². The van der Waals surface area contributed by atoms with Crippen molar-refractivity contribution in [1.29, 1.82) is 0 Å². The van der Waals surface area contributed by atoms with Crippen molar-refractivity contribution in [2.75, 3.05) is 14.2 Å². The van der Waals surface area contributed by atoms with Crippen LogP contribution in [-0.4, -0.2) is 78.5 Å². The van der Waals surface area contributed by atoms with Crippen molar-refractivity contribution < 1.29 is 28.7 Å². The van der Waals surface area contributed by atoms with Crippen LogP contribution in [0.4, 0.5) is 0 Å². The normalized spacial score (nSPS) is 12.8. The van der Waals surface area contributed by atoms with Gasteiger partial charge in [0.15, 0.2) is 0 Å². The summed E-state index contributed by atoms with van der Waals surface area (Å²) in [6, 6.07) is 4.32. The maximum atomic E-state index is 12.2. The third-order valence-electron chi connectivity index (χ3n) is 2.93. The monoisotopic (exact) mass is 301 g/mol. The van der Waals surface area contributed by atoms with Gasteiger partial charge in [-0.1, -0.05) is 12.1 Å². The SMILES string of the molecule is COC(=O)C(C(=O)OC)N1C(=O)c2ccccc2C1=O.[NaH]. The minimum atomic E-state index is -1.74. The van der Waals surface area contributed by atoms with Crippen LogP contribution in [0.2, 0.25) is 0 Å². The van der Waals surface area contributed by atoms with Gasteiger partial charge >= 0.3 is 41.5 Å². The van der Waals surface area contributed by atoms with Crippen LogP contribution in [0.15, 0.2) is 24.3 Å². The van der Waals surface area contributed by atoms with Crippen LogP contribution in [0.3, 0.4) is 0 Å². The van der Waals surface area contributed by atoms with Gasteiger partial charge in [-0.25, -0.2) is 14.5 Å². The van der Waals surface area contributed by atoms with Crippen molar-refractivity contribution in [3.63, 3.8) is 0 Å². The van der Waals surface area contributed by atoms with Gasteiger partial charge in [0, 0.05) is 0 Å². The summed E-state index contributed by atoms with van der Waals surface area (Å²) in [7, 11) is 2.10. The first kappa shape index (κ1) is 17.4. The molecule has 0 saturated carbocycles. The molecule has 21 heavy (non-hydrogen) atoms. The van der Waals surface area contributed by atoms with E-state index in [2.05, 4.69) is 9.47 Å². The van der Waals surface area contributed by atoms with Crippen LogP contribution in [-0.2, 0) is 19.1 Å². The van der Waals surface area contributed by atoms with Crippen molar-refractivity contribution >= 4 is 53.3 Å². The van der Waals surface area contributed by atoms with Crippen molar-refractivity contribution in [3.8, 4) is 0 Å². The summed E-state index contributed by atoms with van der Waals surface area (Å²) >= 11 is 0. The van der Waals surface area contributed by atoms with E-state index in [4.69, 9.17) is 0 Å². The fraction of sp³-hybridized carbons (Fsp3) is 0.231. The van der Waals surface area contributed by atoms with Gasteiger partial charge in [-0.15, -0.1) is 0 Å². The van der Waals surface area contributed by atoms with Gasteiger partial charge in [-0.2, -0.15) is 0 Å². The number of benzene rings is 1. The first-order chi connectivity index (χ1) is 9.52. The zero-order chi connectivity index (χ0) is 14.9. The van der Waals surface area contributed by atoms with E-state index < -0.39 is 29.8 Å². The standard InChI is InChI=1S/C13H11NO6.Na.H/c1-19-12(17)9(13(18)20-2)14-10(15)7-5-3-4-6-8(7)11(14)16;;/h3-6,9H,1-2H3;;. The summed E-state index contributed by atoms with van der Waals surface area (Å²) in [6.45, 7) is 0. The number of amides is 2. The molecular formula is C13H12NNaO6. The summed E-state index contributed by atoms with van der Waals surface area (Å²) in [5.41, 5.74) is 0.269. The number of rotatable bonds is 3. The van der Waals surface area contributed by atoms with Crippen LogP contribution in [0.25, 0.3) is 0 Å². The number of ether oxygens (including phenoxy) is 2. The van der Waals surface area contributed by atoms with Crippen LogP contribution >= 0.6 is 0 Å². The van der Waals surface area contributed by atoms with Gasteiger partial charge < -0.3 is 9.47 Å². The quantitative estimate of drug-likeness (QED) is 0.319. The Labute approximate surface area is 142 Å². The summed E-state index contributed by atoms with van der Waals surface area (Å²) < 4.78 is 8.91. The molecule has 1 aliphatic rings. The van der Waals surface area contributed by atoms with E-state index >= 15 is 0 Å². The third-order valence-corrected chi connectivity index (χ3v) is 2.93. The second kappa shape index (κ2) is 6.84. The van der Waals surface area contributed by atoms with Gasteiger partial charge in [0.05, 0.1) is 25.3 Å². The number of methoxy groups -OCH3 is 2. The number of esters is 2. The molecule has 0 fully saturated rings. The fourth-order valence-electron chi connectivity index (χ4n) is 1.97. The van der Waals surface area contributed by atoms with Gasteiger partial charge in [0.25, 0.3) is 11.8 Å². The predicted molar refractivity (Wildman–Crippen MR) is 71.9 cm³/mol. The van der Waals surface area contributed by atoms with Gasteiger partial charge in [0.1, 0.15) is 0 Å². The third kappa shape index (κ3) is 2.85. The molecular weight excluding hydrogens is 289 g/mol. The van der Waals surface area contributed by atoms with E-state index in [1.165, 1.54) is 12.1 Å². The molecule has 0 atom stereocenters. The van der Waals surface area contributed by atoms with E-state index in [0.29, 0.717) is 4.90 Å². The molecule has 1 aromatic rings. The topological polar surface area (TPSA) is 90.0 Å². The summed E-state index contributed by atoms with van der Waals surface area (Å²) in [6.07, 6.45) is 0. The first-order valence-corrected chi connectivity index (χ1v) is 5.65. The summed E-state index contributed by atoms with van der Waals surface area (Å²) in [5, 5.41) is 0. The molecule has 0 N–H and O–H groups in total. The Kier molecular flexibility index (Phi) is 5.65. The Bertz CT molecular complexity index is 563. The van der Waals surface area contributed by atoms with Crippen LogP contribution in [0.1, 0.15) is 20.7 Å². The molecule has 0 saturated heterocycles. The van der Waals surface area contributed by atoms with Crippen molar-refractivity contribution in [1.82, 2.24) is 4.90 Å². The summed E-state index contributed by atoms with van der Waals surface area (Å²) in [4.78, 5) is 48.3. The van der Waals surface area contributed by atoms with Crippen LogP contribution in [0.5, 0.6) is 0 Å². The van der Waals surface area contributed by atoms with Crippen molar-refractivity contribution in [3.05, 3.63) is 35.4 Å². The van der Waals surface area contributed by atoms with E-state index in [9.17, 15) is 19.2 Å². The van der Waals surface area contributed by atoms with E-state index in [1.807, 2.05) is 0 Å². The Balaban J connectivity index is 0.00000220. The molecule has 1 aliphatic heterocycles. The number of hydrogen-bond acceptors (Lipinski definition) is 6. The molecule has 2 amide bonds. The molecule has 0 bridgehead atoms. The zero-order valence-corrected chi connectivity index (χ0v) is 10.8. The van der Waals surface area contributed by atoms with Gasteiger partial charge in [0.2, 0.25) is 6.04 Å². The second-order valence-electron chi connectivity index (χ2n) is 3.97. The average Bonchev–Trinajstić information content (AvgIpc) is 2.72. The van der Waals surface area contributed by atoms with Crippen molar-refractivity contribution in [2.45, 2.75) is 6.04 Å². The number of fused-ring (bicyclic) bond motifs is 1. The van der Waals surface area contributed by atoms with E-state index in [1.54, 1.807) is 12.1 Å². The fourth-order valence-corrected chi connectivity index (χ4v) is 1.97. The molecule has 0 spiro atoms. The number of hydrogen-bond donors (Lipinski definition) is 0. The summed E-state index contributed by atoms with van der Waals surface area (Å²) in [5.74, 6) is -3.53. The molecule has 0 radical (unpaired) electrons. The molecule has 8 heteroatoms. The average molecular weight is 301 g/mol.